The highest BCUT2D eigenvalue weighted by molar-refractivity contribution is 8.00. The molecule has 7 heteroatoms. The SMILES string of the molecule is Cc1ccc(-n2c(S[C@H](C)C(N)=O)nc3ccccc3c2=O)nc1. The van der Waals surface area contributed by atoms with E-state index in [0.717, 1.165) is 17.3 Å². The van der Waals surface area contributed by atoms with Crippen LogP contribution >= 0.6 is 11.8 Å². The number of thioether (sulfide) groups is 1. The fourth-order valence-corrected chi connectivity index (χ4v) is 3.07. The van der Waals surface area contributed by atoms with Crippen LogP contribution in [0.5, 0.6) is 0 Å². The molecule has 0 saturated carbocycles. The molecule has 0 fully saturated rings. The minimum absolute atomic E-state index is 0.226. The maximum absolute atomic E-state index is 12.9. The first-order valence-electron chi connectivity index (χ1n) is 7.38. The monoisotopic (exact) mass is 340 g/mol. The molecule has 2 aromatic heterocycles. The molecule has 2 N–H and O–H groups in total. The lowest BCUT2D eigenvalue weighted by molar-refractivity contribution is -0.117. The molecule has 24 heavy (non-hydrogen) atoms. The van der Waals surface area contributed by atoms with Crippen LogP contribution in [0.4, 0.5) is 0 Å². The summed E-state index contributed by atoms with van der Waals surface area (Å²) in [6.07, 6.45) is 1.68. The summed E-state index contributed by atoms with van der Waals surface area (Å²) in [6, 6.07) is 10.7. The van der Waals surface area contributed by atoms with Crippen LogP contribution in [0.1, 0.15) is 12.5 Å². The number of nitrogens with zero attached hydrogens (tertiary/aromatic N) is 3. The number of carbonyl (C=O) groups is 1. The van der Waals surface area contributed by atoms with Crippen LogP contribution in [0.15, 0.2) is 52.5 Å². The first kappa shape index (κ1) is 16.2. The molecule has 0 radical (unpaired) electrons. The summed E-state index contributed by atoms with van der Waals surface area (Å²) in [4.78, 5) is 33.2. The average molecular weight is 340 g/mol. The summed E-state index contributed by atoms with van der Waals surface area (Å²) in [5.41, 5.74) is 6.69. The number of fused-ring (bicyclic) bond motifs is 1. The van der Waals surface area contributed by atoms with Crippen molar-refractivity contribution < 1.29 is 4.79 Å². The molecule has 6 nitrogen and oxygen atoms in total. The van der Waals surface area contributed by atoms with Gasteiger partial charge in [0.2, 0.25) is 5.91 Å². The van der Waals surface area contributed by atoms with Gasteiger partial charge in [0.15, 0.2) is 5.16 Å². The summed E-state index contributed by atoms with van der Waals surface area (Å²) in [5, 5.41) is 0.368. The molecule has 0 aliphatic heterocycles. The van der Waals surface area contributed by atoms with Crippen molar-refractivity contribution in [3.8, 4) is 5.82 Å². The highest BCUT2D eigenvalue weighted by Crippen LogP contribution is 2.24. The van der Waals surface area contributed by atoms with Gasteiger partial charge in [0.05, 0.1) is 16.2 Å². The molecule has 0 spiro atoms. The van der Waals surface area contributed by atoms with Crippen molar-refractivity contribution in [2.45, 2.75) is 24.3 Å². The zero-order valence-electron chi connectivity index (χ0n) is 13.3. The number of para-hydroxylation sites is 1. The van der Waals surface area contributed by atoms with E-state index < -0.39 is 11.2 Å². The molecule has 0 aliphatic carbocycles. The van der Waals surface area contributed by atoms with Gasteiger partial charge in [-0.25, -0.2) is 14.5 Å². The Balaban J connectivity index is 2.27. The van der Waals surface area contributed by atoms with Crippen molar-refractivity contribution in [1.82, 2.24) is 14.5 Å². The second-order valence-corrected chi connectivity index (χ2v) is 6.72. The molecule has 1 atom stereocenters. The van der Waals surface area contributed by atoms with Crippen molar-refractivity contribution in [1.29, 1.82) is 0 Å². The lowest BCUT2D eigenvalue weighted by Crippen LogP contribution is -2.26. The van der Waals surface area contributed by atoms with E-state index >= 15 is 0 Å². The maximum atomic E-state index is 12.9. The summed E-state index contributed by atoms with van der Waals surface area (Å²) in [6.45, 7) is 3.60. The Morgan fingerprint density at radius 3 is 2.67 bits per heavy atom. The number of hydrogen-bond donors (Lipinski definition) is 1. The van der Waals surface area contributed by atoms with Crippen LogP contribution < -0.4 is 11.3 Å². The first-order chi connectivity index (χ1) is 11.5. The number of nitrogens with two attached hydrogens (primary N) is 1. The number of pyridine rings is 1. The molecular weight excluding hydrogens is 324 g/mol. The summed E-state index contributed by atoms with van der Waals surface area (Å²) in [5.74, 6) is -0.00570. The van der Waals surface area contributed by atoms with Crippen molar-refractivity contribution >= 4 is 28.6 Å². The minimum Gasteiger partial charge on any atom is -0.369 e. The third-order valence-corrected chi connectivity index (χ3v) is 4.62. The average Bonchev–Trinajstić information content (AvgIpc) is 2.56. The molecule has 3 aromatic rings. The molecule has 0 saturated heterocycles. The molecule has 0 unspecified atom stereocenters. The van der Waals surface area contributed by atoms with Gasteiger partial charge in [-0.3, -0.25) is 9.59 Å². The van der Waals surface area contributed by atoms with Gasteiger partial charge in [0.25, 0.3) is 5.56 Å². The number of aryl methyl sites for hydroxylation is 1. The Labute approximate surface area is 142 Å². The smallest absolute Gasteiger partial charge is 0.267 e. The van der Waals surface area contributed by atoms with Crippen LogP contribution in [0.2, 0.25) is 0 Å². The van der Waals surface area contributed by atoms with Crippen molar-refractivity contribution in [2.24, 2.45) is 5.73 Å². The fourth-order valence-electron chi connectivity index (χ4n) is 2.20. The molecule has 2 heterocycles. The van der Waals surface area contributed by atoms with Crippen LogP contribution in [0.25, 0.3) is 16.7 Å². The van der Waals surface area contributed by atoms with Gasteiger partial charge in [-0.2, -0.15) is 0 Å². The van der Waals surface area contributed by atoms with Gasteiger partial charge in [0.1, 0.15) is 5.82 Å². The second-order valence-electron chi connectivity index (χ2n) is 5.41. The third-order valence-electron chi connectivity index (χ3n) is 3.55. The maximum Gasteiger partial charge on any atom is 0.267 e. The number of rotatable bonds is 4. The van der Waals surface area contributed by atoms with Gasteiger partial charge < -0.3 is 5.73 Å². The Morgan fingerprint density at radius 1 is 1.25 bits per heavy atom. The molecule has 1 aromatic carbocycles. The second kappa shape index (κ2) is 6.45. The van der Waals surface area contributed by atoms with Crippen LogP contribution in [-0.4, -0.2) is 25.7 Å². The number of primary amides is 1. The highest BCUT2D eigenvalue weighted by Gasteiger charge is 2.18. The van der Waals surface area contributed by atoms with Crippen molar-refractivity contribution in [3.05, 3.63) is 58.5 Å². The van der Waals surface area contributed by atoms with Gasteiger partial charge in [0, 0.05) is 6.20 Å². The Bertz CT molecular complexity index is 966. The minimum atomic E-state index is -0.519. The molecule has 0 bridgehead atoms. The number of aromatic nitrogens is 3. The zero-order valence-corrected chi connectivity index (χ0v) is 14.1. The lowest BCUT2D eigenvalue weighted by Gasteiger charge is -2.14. The van der Waals surface area contributed by atoms with E-state index in [1.807, 2.05) is 19.1 Å². The van der Waals surface area contributed by atoms with E-state index in [1.165, 1.54) is 4.57 Å². The molecule has 1 amide bonds. The molecular formula is C17H16N4O2S. The van der Waals surface area contributed by atoms with Crippen LogP contribution in [0, 0.1) is 6.92 Å². The van der Waals surface area contributed by atoms with Gasteiger partial charge in [-0.05, 0) is 37.6 Å². The predicted molar refractivity (Wildman–Crippen MR) is 94.4 cm³/mol. The van der Waals surface area contributed by atoms with E-state index in [1.54, 1.807) is 37.4 Å². The van der Waals surface area contributed by atoms with E-state index in [0.29, 0.717) is 21.9 Å². The number of benzene rings is 1. The van der Waals surface area contributed by atoms with Gasteiger partial charge in [-0.1, -0.05) is 30.0 Å². The Hall–Kier alpha value is -2.67. The summed E-state index contributed by atoms with van der Waals surface area (Å²) < 4.78 is 1.42. The normalized spacial score (nSPS) is 12.2. The lowest BCUT2D eigenvalue weighted by atomic mass is 10.2. The Morgan fingerprint density at radius 2 is 2.00 bits per heavy atom. The summed E-state index contributed by atoms with van der Waals surface area (Å²) in [7, 11) is 0. The van der Waals surface area contributed by atoms with E-state index in [2.05, 4.69) is 9.97 Å². The fraction of sp³-hybridized carbons (Fsp3) is 0.176. The largest absolute Gasteiger partial charge is 0.369 e. The topological polar surface area (TPSA) is 90.9 Å². The number of amides is 1. The standard InChI is InChI=1S/C17H16N4O2S/c1-10-7-8-14(19-9-10)21-16(23)12-5-3-4-6-13(12)20-17(21)24-11(2)15(18)22/h3-9,11H,1-2H3,(H2,18,22)/t11-/m1/s1. The van der Waals surface area contributed by atoms with E-state index in [9.17, 15) is 9.59 Å². The quantitative estimate of drug-likeness (QED) is 0.580. The van der Waals surface area contributed by atoms with E-state index in [-0.39, 0.29) is 5.56 Å². The highest BCUT2D eigenvalue weighted by atomic mass is 32.2. The molecule has 3 rings (SSSR count). The number of hydrogen-bond acceptors (Lipinski definition) is 5. The Kier molecular flexibility index (Phi) is 4.35. The van der Waals surface area contributed by atoms with E-state index in [4.69, 9.17) is 5.73 Å². The zero-order chi connectivity index (χ0) is 17.3. The predicted octanol–water partition coefficient (Wildman–Crippen LogP) is 2.06. The van der Waals surface area contributed by atoms with Crippen LogP contribution in [0.3, 0.4) is 0 Å². The summed E-state index contributed by atoms with van der Waals surface area (Å²) >= 11 is 1.14. The van der Waals surface area contributed by atoms with Crippen molar-refractivity contribution in [2.75, 3.05) is 0 Å². The van der Waals surface area contributed by atoms with Gasteiger partial charge in [-0.15, -0.1) is 0 Å². The van der Waals surface area contributed by atoms with Crippen LogP contribution in [-0.2, 0) is 4.79 Å². The number of carbonyl (C=O) groups excluding carboxylic acids is 1. The molecule has 0 aliphatic rings. The molecule has 122 valence electrons. The van der Waals surface area contributed by atoms with Crippen molar-refractivity contribution in [3.63, 3.8) is 0 Å². The third kappa shape index (κ3) is 3.03. The van der Waals surface area contributed by atoms with Gasteiger partial charge >= 0.3 is 0 Å². The first-order valence-corrected chi connectivity index (χ1v) is 8.26.